The van der Waals surface area contributed by atoms with Gasteiger partial charge in [-0.1, -0.05) is 30.3 Å². The highest BCUT2D eigenvalue weighted by Crippen LogP contribution is 2.10. The highest BCUT2D eigenvalue weighted by molar-refractivity contribution is 5.76. The summed E-state index contributed by atoms with van der Waals surface area (Å²) in [5.41, 5.74) is 1.18. The summed E-state index contributed by atoms with van der Waals surface area (Å²) in [7, 11) is 0. The molecule has 1 aromatic carbocycles. The Labute approximate surface area is 102 Å². The molecule has 3 heteroatoms. The zero-order valence-electron chi connectivity index (χ0n) is 10.1. The minimum absolute atomic E-state index is 0.277. The Balaban J connectivity index is 1.64. The van der Waals surface area contributed by atoms with Crippen molar-refractivity contribution in [1.82, 2.24) is 4.90 Å². The van der Waals surface area contributed by atoms with Crippen LogP contribution in [0.2, 0.25) is 0 Å². The van der Waals surface area contributed by atoms with E-state index in [4.69, 9.17) is 4.74 Å². The summed E-state index contributed by atoms with van der Waals surface area (Å²) < 4.78 is 5.58. The van der Waals surface area contributed by atoms with Gasteiger partial charge in [-0.15, -0.1) is 0 Å². The zero-order chi connectivity index (χ0) is 11.9. The number of carbonyl (C=O) groups excluding carboxylic acids is 1. The summed E-state index contributed by atoms with van der Waals surface area (Å²) in [6.07, 6.45) is 2.88. The van der Waals surface area contributed by atoms with Crippen LogP contribution in [0.5, 0.6) is 0 Å². The van der Waals surface area contributed by atoms with Crippen molar-refractivity contribution in [1.29, 1.82) is 0 Å². The molecule has 1 saturated heterocycles. The van der Waals surface area contributed by atoms with Crippen molar-refractivity contribution >= 4 is 5.91 Å². The maximum Gasteiger partial charge on any atom is 0.222 e. The molecule has 17 heavy (non-hydrogen) atoms. The summed E-state index contributed by atoms with van der Waals surface area (Å²) in [5, 5.41) is 0. The van der Waals surface area contributed by atoms with Crippen LogP contribution in [-0.2, 0) is 16.1 Å². The van der Waals surface area contributed by atoms with E-state index in [-0.39, 0.29) is 5.91 Å². The van der Waals surface area contributed by atoms with Crippen molar-refractivity contribution < 1.29 is 9.53 Å². The molecule has 92 valence electrons. The first kappa shape index (κ1) is 12.1. The predicted molar refractivity (Wildman–Crippen MR) is 66.5 cm³/mol. The van der Waals surface area contributed by atoms with Crippen LogP contribution in [0.1, 0.15) is 24.8 Å². The van der Waals surface area contributed by atoms with E-state index in [1.165, 1.54) is 5.56 Å². The van der Waals surface area contributed by atoms with Gasteiger partial charge >= 0.3 is 0 Å². The second kappa shape index (κ2) is 6.40. The predicted octanol–water partition coefficient (Wildman–Crippen LogP) is 2.22. The highest BCUT2D eigenvalue weighted by Gasteiger charge is 2.16. The maximum atomic E-state index is 11.5. The van der Waals surface area contributed by atoms with Gasteiger partial charge in [-0.05, 0) is 18.4 Å². The molecule has 1 amide bonds. The Hall–Kier alpha value is -1.35. The van der Waals surface area contributed by atoms with Crippen molar-refractivity contribution in [2.24, 2.45) is 0 Å². The van der Waals surface area contributed by atoms with Crippen molar-refractivity contribution in [2.75, 3.05) is 19.7 Å². The molecule has 1 aliphatic heterocycles. The van der Waals surface area contributed by atoms with Crippen LogP contribution in [0.4, 0.5) is 0 Å². The van der Waals surface area contributed by atoms with Crippen molar-refractivity contribution in [3.63, 3.8) is 0 Å². The lowest BCUT2D eigenvalue weighted by Crippen LogP contribution is -2.37. The van der Waals surface area contributed by atoms with Crippen LogP contribution in [0, 0.1) is 0 Å². The standard InChI is InChI=1S/C14H19NO2/c16-14-8-4-5-9-15(14)10-11-17-12-13-6-2-1-3-7-13/h1-3,6-7H,4-5,8-12H2. The lowest BCUT2D eigenvalue weighted by Gasteiger charge is -2.26. The molecule has 0 aliphatic carbocycles. The van der Waals surface area contributed by atoms with Crippen LogP contribution in [0.25, 0.3) is 0 Å². The van der Waals surface area contributed by atoms with Crippen LogP contribution in [0.15, 0.2) is 30.3 Å². The number of piperidine rings is 1. The number of nitrogens with zero attached hydrogens (tertiary/aromatic N) is 1. The van der Waals surface area contributed by atoms with Gasteiger partial charge in [-0.25, -0.2) is 0 Å². The number of likely N-dealkylation sites (tertiary alicyclic amines) is 1. The molecule has 0 atom stereocenters. The first-order chi connectivity index (χ1) is 8.36. The molecule has 0 saturated carbocycles. The third-order valence-electron chi connectivity index (χ3n) is 3.04. The van der Waals surface area contributed by atoms with E-state index in [1.807, 2.05) is 35.2 Å². The average Bonchev–Trinajstić information content (AvgIpc) is 2.38. The lowest BCUT2D eigenvalue weighted by atomic mass is 10.1. The fourth-order valence-corrected chi connectivity index (χ4v) is 2.04. The smallest absolute Gasteiger partial charge is 0.222 e. The molecule has 1 fully saturated rings. The van der Waals surface area contributed by atoms with E-state index in [1.54, 1.807) is 0 Å². The van der Waals surface area contributed by atoms with Crippen LogP contribution in [0.3, 0.4) is 0 Å². The molecular formula is C14H19NO2. The quantitative estimate of drug-likeness (QED) is 0.730. The lowest BCUT2D eigenvalue weighted by molar-refractivity contribution is -0.134. The maximum absolute atomic E-state index is 11.5. The third kappa shape index (κ3) is 3.86. The molecule has 0 unspecified atom stereocenters. The highest BCUT2D eigenvalue weighted by atomic mass is 16.5. The van der Waals surface area contributed by atoms with Gasteiger partial charge in [0.25, 0.3) is 0 Å². The van der Waals surface area contributed by atoms with Crippen molar-refractivity contribution in [3.8, 4) is 0 Å². The van der Waals surface area contributed by atoms with E-state index in [9.17, 15) is 4.79 Å². The van der Waals surface area contributed by atoms with Gasteiger partial charge in [0, 0.05) is 19.5 Å². The summed E-state index contributed by atoms with van der Waals surface area (Å²) in [4.78, 5) is 13.4. The Bertz CT molecular complexity index is 350. The molecule has 3 nitrogen and oxygen atoms in total. The molecule has 0 N–H and O–H groups in total. The zero-order valence-corrected chi connectivity index (χ0v) is 10.1. The Morgan fingerprint density at radius 1 is 1.18 bits per heavy atom. The van der Waals surface area contributed by atoms with Gasteiger partial charge in [-0.3, -0.25) is 4.79 Å². The topological polar surface area (TPSA) is 29.5 Å². The molecular weight excluding hydrogens is 214 g/mol. The number of ether oxygens (including phenoxy) is 1. The average molecular weight is 233 g/mol. The normalized spacial score (nSPS) is 16.2. The molecule has 0 bridgehead atoms. The molecule has 0 spiro atoms. The molecule has 1 aromatic rings. The van der Waals surface area contributed by atoms with Gasteiger partial charge in [0.2, 0.25) is 5.91 Å². The Morgan fingerprint density at radius 2 is 2.00 bits per heavy atom. The number of hydrogen-bond donors (Lipinski definition) is 0. The largest absolute Gasteiger partial charge is 0.375 e. The van der Waals surface area contributed by atoms with E-state index in [2.05, 4.69) is 0 Å². The Morgan fingerprint density at radius 3 is 2.76 bits per heavy atom. The summed E-state index contributed by atoms with van der Waals surface area (Å²) in [6.45, 7) is 2.88. The van der Waals surface area contributed by atoms with E-state index < -0.39 is 0 Å². The first-order valence-corrected chi connectivity index (χ1v) is 6.26. The summed E-state index contributed by atoms with van der Waals surface area (Å²) >= 11 is 0. The molecule has 1 heterocycles. The number of hydrogen-bond acceptors (Lipinski definition) is 2. The molecule has 0 aromatic heterocycles. The van der Waals surface area contributed by atoms with E-state index >= 15 is 0 Å². The van der Waals surface area contributed by atoms with Crippen LogP contribution >= 0.6 is 0 Å². The number of carbonyl (C=O) groups is 1. The summed E-state index contributed by atoms with van der Waals surface area (Å²) in [6, 6.07) is 10.1. The minimum atomic E-state index is 0.277. The number of amides is 1. The van der Waals surface area contributed by atoms with Crippen LogP contribution in [-0.4, -0.2) is 30.5 Å². The van der Waals surface area contributed by atoms with Gasteiger partial charge in [-0.2, -0.15) is 0 Å². The monoisotopic (exact) mass is 233 g/mol. The van der Waals surface area contributed by atoms with Gasteiger partial charge in [0.1, 0.15) is 0 Å². The minimum Gasteiger partial charge on any atom is -0.375 e. The second-order valence-electron chi connectivity index (χ2n) is 4.38. The van der Waals surface area contributed by atoms with E-state index in [0.717, 1.165) is 25.9 Å². The molecule has 1 aliphatic rings. The third-order valence-corrected chi connectivity index (χ3v) is 3.04. The van der Waals surface area contributed by atoms with Gasteiger partial charge < -0.3 is 9.64 Å². The first-order valence-electron chi connectivity index (χ1n) is 6.26. The van der Waals surface area contributed by atoms with E-state index in [0.29, 0.717) is 19.6 Å². The van der Waals surface area contributed by atoms with Gasteiger partial charge in [0.15, 0.2) is 0 Å². The second-order valence-corrected chi connectivity index (χ2v) is 4.38. The number of rotatable bonds is 5. The fourth-order valence-electron chi connectivity index (χ4n) is 2.04. The Kier molecular flexibility index (Phi) is 4.56. The fraction of sp³-hybridized carbons (Fsp3) is 0.500. The summed E-state index contributed by atoms with van der Waals surface area (Å²) in [5.74, 6) is 0.277. The van der Waals surface area contributed by atoms with Crippen LogP contribution < -0.4 is 0 Å². The van der Waals surface area contributed by atoms with Crippen molar-refractivity contribution in [3.05, 3.63) is 35.9 Å². The number of benzene rings is 1. The molecule has 0 radical (unpaired) electrons. The molecule has 2 rings (SSSR count). The van der Waals surface area contributed by atoms with Crippen molar-refractivity contribution in [2.45, 2.75) is 25.9 Å². The van der Waals surface area contributed by atoms with Gasteiger partial charge in [0.05, 0.1) is 13.2 Å². The SMILES string of the molecule is O=C1CCCCN1CCOCc1ccccc1.